The summed E-state index contributed by atoms with van der Waals surface area (Å²) in [7, 11) is 0. The Bertz CT molecular complexity index is 145. The summed E-state index contributed by atoms with van der Waals surface area (Å²) >= 11 is 0. The van der Waals surface area contributed by atoms with Crippen molar-refractivity contribution in [2.45, 2.75) is 12.6 Å². The third-order valence-corrected chi connectivity index (χ3v) is 2.59. The molecule has 2 fully saturated rings. The van der Waals surface area contributed by atoms with Crippen molar-refractivity contribution in [1.82, 2.24) is 5.32 Å². The lowest BCUT2D eigenvalue weighted by Crippen LogP contribution is -2.51. The van der Waals surface area contributed by atoms with Gasteiger partial charge >= 0.3 is 0 Å². The Morgan fingerprint density at radius 3 is 2.64 bits per heavy atom. The van der Waals surface area contributed by atoms with Crippen LogP contribution in [0.2, 0.25) is 0 Å². The van der Waals surface area contributed by atoms with Gasteiger partial charge in [0.1, 0.15) is 6.79 Å². The molecule has 0 aromatic carbocycles. The second kappa shape index (κ2) is 2.71. The second-order valence-corrected chi connectivity index (χ2v) is 3.36. The maximum atomic E-state index is 5.87. The van der Waals surface area contributed by atoms with Crippen LogP contribution in [0.25, 0.3) is 0 Å². The molecule has 0 aromatic rings. The zero-order chi connectivity index (χ0) is 7.73. The minimum Gasteiger partial charge on any atom is -0.355 e. The highest BCUT2D eigenvalue weighted by Gasteiger charge is 2.43. The molecule has 0 amide bonds. The van der Waals surface area contributed by atoms with Crippen LogP contribution >= 0.6 is 0 Å². The fourth-order valence-corrected chi connectivity index (χ4v) is 1.76. The lowest BCUT2D eigenvalue weighted by Gasteiger charge is -2.35. The molecule has 2 heterocycles. The summed E-state index contributed by atoms with van der Waals surface area (Å²) in [4.78, 5) is 0. The van der Waals surface area contributed by atoms with Crippen LogP contribution in [0.15, 0.2) is 0 Å². The molecule has 2 aliphatic heterocycles. The third kappa shape index (κ3) is 1.16. The third-order valence-electron chi connectivity index (χ3n) is 2.59. The van der Waals surface area contributed by atoms with E-state index in [1.165, 1.54) is 0 Å². The largest absolute Gasteiger partial charge is 0.355 e. The average molecular weight is 158 g/mol. The van der Waals surface area contributed by atoms with Crippen LogP contribution < -0.4 is 11.1 Å². The zero-order valence-corrected chi connectivity index (χ0v) is 6.51. The number of hydrogen-bond acceptors (Lipinski definition) is 4. The maximum Gasteiger partial charge on any atom is 0.146 e. The quantitative estimate of drug-likeness (QED) is 0.487. The molecule has 0 bridgehead atoms. The predicted octanol–water partition coefficient (Wildman–Crippen LogP) is -0.745. The van der Waals surface area contributed by atoms with Gasteiger partial charge in [-0.2, -0.15) is 0 Å². The van der Waals surface area contributed by atoms with Crippen molar-refractivity contribution in [3.8, 4) is 0 Å². The Hall–Kier alpha value is -0.160. The van der Waals surface area contributed by atoms with Crippen molar-refractivity contribution >= 4 is 0 Å². The van der Waals surface area contributed by atoms with Crippen molar-refractivity contribution < 1.29 is 9.47 Å². The van der Waals surface area contributed by atoms with E-state index in [9.17, 15) is 0 Å². The van der Waals surface area contributed by atoms with Crippen molar-refractivity contribution in [2.75, 3.05) is 26.6 Å². The fourth-order valence-electron chi connectivity index (χ4n) is 1.76. The Balaban J connectivity index is 2.06. The first-order valence-electron chi connectivity index (χ1n) is 3.98. The molecule has 4 nitrogen and oxygen atoms in total. The van der Waals surface area contributed by atoms with E-state index in [1.54, 1.807) is 0 Å². The monoisotopic (exact) mass is 158 g/mol. The van der Waals surface area contributed by atoms with E-state index in [0.717, 1.165) is 26.2 Å². The molecule has 0 aromatic heterocycles. The van der Waals surface area contributed by atoms with E-state index < -0.39 is 0 Å². The predicted molar refractivity (Wildman–Crippen MR) is 39.8 cm³/mol. The first-order valence-corrected chi connectivity index (χ1v) is 3.98. The molecule has 1 atom stereocenters. The van der Waals surface area contributed by atoms with Crippen LogP contribution in [0.1, 0.15) is 6.42 Å². The smallest absolute Gasteiger partial charge is 0.146 e. The summed E-state index contributed by atoms with van der Waals surface area (Å²) in [5, 5.41) is 3.20. The van der Waals surface area contributed by atoms with E-state index in [0.29, 0.717) is 6.79 Å². The van der Waals surface area contributed by atoms with Crippen molar-refractivity contribution in [3.63, 3.8) is 0 Å². The van der Waals surface area contributed by atoms with E-state index in [-0.39, 0.29) is 11.6 Å². The SMILES string of the molecule is NC1NCCC12COCOC2. The molecule has 0 aliphatic carbocycles. The van der Waals surface area contributed by atoms with Crippen molar-refractivity contribution in [2.24, 2.45) is 11.1 Å². The molecular formula is C7H14N2O2. The summed E-state index contributed by atoms with van der Waals surface area (Å²) in [6.45, 7) is 2.88. The Morgan fingerprint density at radius 1 is 1.36 bits per heavy atom. The molecular weight excluding hydrogens is 144 g/mol. The van der Waals surface area contributed by atoms with Gasteiger partial charge in [-0.25, -0.2) is 0 Å². The molecule has 3 N–H and O–H groups in total. The van der Waals surface area contributed by atoms with Gasteiger partial charge in [0, 0.05) is 5.41 Å². The molecule has 2 aliphatic rings. The van der Waals surface area contributed by atoms with Crippen LogP contribution in [0.3, 0.4) is 0 Å². The number of nitrogens with two attached hydrogens (primary N) is 1. The minimum absolute atomic E-state index is 0.0443. The van der Waals surface area contributed by atoms with Crippen LogP contribution in [0.5, 0.6) is 0 Å². The molecule has 64 valence electrons. The minimum atomic E-state index is 0.0443. The van der Waals surface area contributed by atoms with Gasteiger partial charge < -0.3 is 20.5 Å². The van der Waals surface area contributed by atoms with Crippen molar-refractivity contribution in [1.29, 1.82) is 0 Å². The number of rotatable bonds is 0. The molecule has 2 rings (SSSR count). The Kier molecular flexibility index (Phi) is 1.85. The summed E-state index contributed by atoms with van der Waals surface area (Å²) in [6.07, 6.45) is 1.11. The van der Waals surface area contributed by atoms with Gasteiger partial charge in [0.05, 0.1) is 19.4 Å². The van der Waals surface area contributed by atoms with E-state index in [2.05, 4.69) is 5.32 Å². The second-order valence-electron chi connectivity index (χ2n) is 3.36. The number of ether oxygens (including phenoxy) is 2. The average Bonchev–Trinajstić information content (AvgIpc) is 2.36. The maximum absolute atomic E-state index is 5.87. The molecule has 0 saturated carbocycles. The first kappa shape index (κ1) is 7.49. The first-order chi connectivity index (χ1) is 5.33. The van der Waals surface area contributed by atoms with Gasteiger partial charge in [-0.15, -0.1) is 0 Å². The van der Waals surface area contributed by atoms with E-state index in [4.69, 9.17) is 15.2 Å². The van der Waals surface area contributed by atoms with E-state index in [1.807, 2.05) is 0 Å². The van der Waals surface area contributed by atoms with Crippen LogP contribution in [0.4, 0.5) is 0 Å². The lowest BCUT2D eigenvalue weighted by atomic mass is 9.86. The highest BCUT2D eigenvalue weighted by molar-refractivity contribution is 4.94. The van der Waals surface area contributed by atoms with Gasteiger partial charge in [-0.3, -0.25) is 0 Å². The molecule has 4 heteroatoms. The molecule has 2 saturated heterocycles. The summed E-state index contributed by atoms with van der Waals surface area (Å²) < 4.78 is 10.5. The highest BCUT2D eigenvalue weighted by atomic mass is 16.7. The van der Waals surface area contributed by atoms with Crippen LogP contribution in [-0.4, -0.2) is 32.7 Å². The van der Waals surface area contributed by atoms with Crippen molar-refractivity contribution in [3.05, 3.63) is 0 Å². The molecule has 1 unspecified atom stereocenters. The Morgan fingerprint density at radius 2 is 2.09 bits per heavy atom. The highest BCUT2D eigenvalue weighted by Crippen LogP contribution is 2.31. The van der Waals surface area contributed by atoms with Crippen LogP contribution in [-0.2, 0) is 9.47 Å². The van der Waals surface area contributed by atoms with Crippen LogP contribution in [0, 0.1) is 5.41 Å². The molecule has 1 spiro atoms. The standard InChI is InChI=1S/C7H14N2O2/c8-6-7(1-2-9-6)3-10-5-11-4-7/h6,9H,1-5,8H2. The lowest BCUT2D eigenvalue weighted by molar-refractivity contribution is -0.166. The number of hydrogen-bond donors (Lipinski definition) is 2. The van der Waals surface area contributed by atoms with Gasteiger partial charge in [-0.1, -0.05) is 0 Å². The topological polar surface area (TPSA) is 56.5 Å². The van der Waals surface area contributed by atoms with E-state index >= 15 is 0 Å². The summed E-state index contributed by atoms with van der Waals surface area (Å²) in [5.74, 6) is 0. The van der Waals surface area contributed by atoms with Gasteiger partial charge in [-0.05, 0) is 13.0 Å². The summed E-state index contributed by atoms with van der Waals surface area (Å²) in [5.41, 5.74) is 5.93. The zero-order valence-electron chi connectivity index (χ0n) is 6.51. The number of nitrogens with one attached hydrogen (secondary N) is 1. The molecule has 11 heavy (non-hydrogen) atoms. The fraction of sp³-hybridized carbons (Fsp3) is 1.00. The normalized spacial score (nSPS) is 36.3. The summed E-state index contributed by atoms with van der Waals surface area (Å²) in [6, 6.07) is 0. The Labute approximate surface area is 66.0 Å². The molecule has 0 radical (unpaired) electrons. The van der Waals surface area contributed by atoms with Gasteiger partial charge in [0.2, 0.25) is 0 Å². The van der Waals surface area contributed by atoms with Gasteiger partial charge in [0.25, 0.3) is 0 Å². The van der Waals surface area contributed by atoms with Gasteiger partial charge in [0.15, 0.2) is 0 Å².